The average molecular weight is 390 g/mol. The van der Waals surface area contributed by atoms with Crippen molar-refractivity contribution in [3.05, 3.63) is 35.9 Å². The number of nitrogens with one attached hydrogen (secondary N) is 1. The van der Waals surface area contributed by atoms with Crippen molar-refractivity contribution in [2.75, 3.05) is 13.7 Å². The van der Waals surface area contributed by atoms with Gasteiger partial charge >= 0.3 is 12.1 Å². The molecule has 0 unspecified atom stereocenters. The smallest absolute Gasteiger partial charge is 0.411 e. The number of esters is 1. The summed E-state index contributed by atoms with van der Waals surface area (Å²) in [5.41, 5.74) is -0.830. The van der Waals surface area contributed by atoms with Gasteiger partial charge < -0.3 is 14.8 Å². The zero-order valence-electron chi connectivity index (χ0n) is 17.3. The number of carbonyl (C=O) groups is 3. The lowest BCUT2D eigenvalue weighted by atomic mass is 9.96. The molecule has 1 aromatic carbocycles. The number of ether oxygens (including phenoxy) is 2. The maximum atomic E-state index is 13.1. The number of methoxy groups -OCH3 is 1. The lowest BCUT2D eigenvalue weighted by Crippen LogP contribution is -2.59. The van der Waals surface area contributed by atoms with Gasteiger partial charge in [0.15, 0.2) is 0 Å². The van der Waals surface area contributed by atoms with Crippen LogP contribution < -0.4 is 5.32 Å². The van der Waals surface area contributed by atoms with E-state index in [2.05, 4.69) is 5.32 Å². The SMILES string of the molecule is COC(=O)[C@H](Cc1ccccc1)NC(=O)[C@]1(C)CCCN1C(=O)OC(C)(C)C. The van der Waals surface area contributed by atoms with Crippen LogP contribution in [0.3, 0.4) is 0 Å². The van der Waals surface area contributed by atoms with Gasteiger partial charge in [-0.25, -0.2) is 9.59 Å². The zero-order chi connectivity index (χ0) is 20.9. The molecule has 0 spiro atoms. The molecule has 0 aromatic heterocycles. The molecule has 0 aliphatic carbocycles. The maximum Gasteiger partial charge on any atom is 0.411 e. The van der Waals surface area contributed by atoms with Crippen LogP contribution in [0.25, 0.3) is 0 Å². The van der Waals surface area contributed by atoms with Crippen LogP contribution in [0.15, 0.2) is 30.3 Å². The largest absolute Gasteiger partial charge is 0.467 e. The highest BCUT2D eigenvalue weighted by Crippen LogP contribution is 2.31. The number of likely N-dealkylation sites (tertiary alicyclic amines) is 1. The molecule has 1 heterocycles. The lowest BCUT2D eigenvalue weighted by molar-refractivity contribution is -0.146. The first-order valence-electron chi connectivity index (χ1n) is 9.50. The van der Waals surface area contributed by atoms with Crippen LogP contribution in [0.5, 0.6) is 0 Å². The van der Waals surface area contributed by atoms with Gasteiger partial charge in [0.1, 0.15) is 17.2 Å². The van der Waals surface area contributed by atoms with E-state index in [4.69, 9.17) is 9.47 Å². The summed E-state index contributed by atoms with van der Waals surface area (Å²) in [6.45, 7) is 7.49. The van der Waals surface area contributed by atoms with Crippen molar-refractivity contribution in [1.82, 2.24) is 10.2 Å². The van der Waals surface area contributed by atoms with E-state index in [9.17, 15) is 14.4 Å². The third-order valence-electron chi connectivity index (χ3n) is 4.82. The van der Waals surface area contributed by atoms with Gasteiger partial charge in [-0.05, 0) is 46.1 Å². The Morgan fingerprint density at radius 1 is 1.21 bits per heavy atom. The highest BCUT2D eigenvalue weighted by atomic mass is 16.6. The van der Waals surface area contributed by atoms with Crippen molar-refractivity contribution in [2.24, 2.45) is 0 Å². The van der Waals surface area contributed by atoms with Crippen molar-refractivity contribution < 1.29 is 23.9 Å². The van der Waals surface area contributed by atoms with E-state index in [0.717, 1.165) is 5.56 Å². The molecule has 0 saturated carbocycles. The van der Waals surface area contributed by atoms with Gasteiger partial charge in [-0.3, -0.25) is 9.69 Å². The van der Waals surface area contributed by atoms with Crippen LogP contribution in [0.1, 0.15) is 46.1 Å². The minimum absolute atomic E-state index is 0.307. The molecule has 1 aromatic rings. The van der Waals surface area contributed by atoms with E-state index in [0.29, 0.717) is 25.8 Å². The Labute approximate surface area is 166 Å². The average Bonchev–Trinajstić information content (AvgIpc) is 3.03. The summed E-state index contributed by atoms with van der Waals surface area (Å²) in [5, 5.41) is 2.78. The Morgan fingerprint density at radius 2 is 1.86 bits per heavy atom. The van der Waals surface area contributed by atoms with Crippen molar-refractivity contribution in [2.45, 2.75) is 64.1 Å². The van der Waals surface area contributed by atoms with Crippen molar-refractivity contribution in [3.8, 4) is 0 Å². The predicted octanol–water partition coefficient (Wildman–Crippen LogP) is 2.68. The molecular weight excluding hydrogens is 360 g/mol. The van der Waals surface area contributed by atoms with E-state index in [1.807, 2.05) is 30.3 Å². The predicted molar refractivity (Wildman–Crippen MR) is 105 cm³/mol. The fourth-order valence-electron chi connectivity index (χ4n) is 3.31. The van der Waals surface area contributed by atoms with Crippen LogP contribution in [-0.4, -0.2) is 53.7 Å². The summed E-state index contributed by atoms with van der Waals surface area (Å²) < 4.78 is 10.3. The van der Waals surface area contributed by atoms with E-state index in [1.54, 1.807) is 27.7 Å². The summed E-state index contributed by atoms with van der Waals surface area (Å²) >= 11 is 0. The van der Waals surface area contributed by atoms with Gasteiger partial charge in [0.25, 0.3) is 0 Å². The molecule has 2 rings (SSSR count). The van der Waals surface area contributed by atoms with Gasteiger partial charge in [0, 0.05) is 13.0 Å². The number of benzene rings is 1. The standard InChI is InChI=1S/C21H30N2O5/c1-20(2,3)28-19(26)23-13-9-12-21(23,4)18(25)22-16(17(24)27-5)14-15-10-7-6-8-11-15/h6-8,10-11,16H,9,12-14H2,1-5H3,(H,22,25)/t16-,21-/m0/s1. The third-order valence-corrected chi connectivity index (χ3v) is 4.82. The minimum Gasteiger partial charge on any atom is -0.467 e. The van der Waals surface area contributed by atoms with E-state index in [1.165, 1.54) is 12.0 Å². The minimum atomic E-state index is -1.08. The topological polar surface area (TPSA) is 84.9 Å². The van der Waals surface area contributed by atoms with Crippen LogP contribution >= 0.6 is 0 Å². The number of carbonyl (C=O) groups excluding carboxylic acids is 3. The first-order valence-corrected chi connectivity index (χ1v) is 9.50. The van der Waals surface area contributed by atoms with Crippen molar-refractivity contribution >= 4 is 18.0 Å². The van der Waals surface area contributed by atoms with E-state index in [-0.39, 0.29) is 5.91 Å². The Bertz CT molecular complexity index is 713. The molecule has 1 aliphatic heterocycles. The highest BCUT2D eigenvalue weighted by molar-refractivity contribution is 5.93. The fraction of sp³-hybridized carbons (Fsp3) is 0.571. The first-order chi connectivity index (χ1) is 13.1. The summed E-state index contributed by atoms with van der Waals surface area (Å²) in [6.07, 6.45) is 0.962. The van der Waals surface area contributed by atoms with Crippen LogP contribution in [0.4, 0.5) is 4.79 Å². The van der Waals surface area contributed by atoms with Gasteiger partial charge in [-0.2, -0.15) is 0 Å². The molecule has 2 amide bonds. The van der Waals surface area contributed by atoms with Gasteiger partial charge in [-0.15, -0.1) is 0 Å². The van der Waals surface area contributed by atoms with Crippen LogP contribution in [0, 0.1) is 0 Å². The Kier molecular flexibility index (Phi) is 6.69. The Hall–Kier alpha value is -2.57. The normalized spacial score (nSPS) is 20.4. The number of hydrogen-bond donors (Lipinski definition) is 1. The quantitative estimate of drug-likeness (QED) is 0.782. The molecule has 28 heavy (non-hydrogen) atoms. The molecule has 154 valence electrons. The number of amides is 2. The maximum absolute atomic E-state index is 13.1. The number of nitrogens with zero attached hydrogens (tertiary/aromatic N) is 1. The first kappa shape index (κ1) is 21.7. The summed E-state index contributed by atoms with van der Waals surface area (Å²) in [7, 11) is 1.29. The zero-order valence-corrected chi connectivity index (χ0v) is 17.3. The molecule has 1 fully saturated rings. The second-order valence-electron chi connectivity index (χ2n) is 8.25. The number of rotatable bonds is 5. The van der Waals surface area contributed by atoms with E-state index >= 15 is 0 Å². The third kappa shape index (κ3) is 5.24. The molecule has 0 radical (unpaired) electrons. The van der Waals surface area contributed by atoms with Gasteiger partial charge in [-0.1, -0.05) is 30.3 Å². The molecule has 7 heteroatoms. The van der Waals surface area contributed by atoms with Gasteiger partial charge in [0.05, 0.1) is 7.11 Å². The molecule has 2 atom stereocenters. The van der Waals surface area contributed by atoms with Crippen molar-refractivity contribution in [3.63, 3.8) is 0 Å². The second-order valence-corrected chi connectivity index (χ2v) is 8.25. The molecule has 1 aliphatic rings. The molecule has 7 nitrogen and oxygen atoms in total. The van der Waals surface area contributed by atoms with Crippen LogP contribution in [-0.2, 0) is 25.5 Å². The number of hydrogen-bond acceptors (Lipinski definition) is 5. The fourth-order valence-corrected chi connectivity index (χ4v) is 3.31. The molecular formula is C21H30N2O5. The lowest BCUT2D eigenvalue weighted by Gasteiger charge is -2.35. The molecule has 0 bridgehead atoms. The van der Waals surface area contributed by atoms with Crippen molar-refractivity contribution in [1.29, 1.82) is 0 Å². The monoisotopic (exact) mass is 390 g/mol. The Balaban J connectivity index is 2.16. The van der Waals surface area contributed by atoms with E-state index < -0.39 is 29.2 Å². The second kappa shape index (κ2) is 8.63. The summed E-state index contributed by atoms with van der Waals surface area (Å²) in [6, 6.07) is 8.55. The summed E-state index contributed by atoms with van der Waals surface area (Å²) in [5.74, 6) is -0.912. The summed E-state index contributed by atoms with van der Waals surface area (Å²) in [4.78, 5) is 39.4. The molecule has 1 N–H and O–H groups in total. The Morgan fingerprint density at radius 3 is 2.43 bits per heavy atom. The van der Waals surface area contributed by atoms with Gasteiger partial charge in [0.2, 0.25) is 5.91 Å². The molecule has 1 saturated heterocycles. The highest BCUT2D eigenvalue weighted by Gasteiger charge is 2.48. The van der Waals surface area contributed by atoms with Crippen LogP contribution in [0.2, 0.25) is 0 Å².